The van der Waals surface area contributed by atoms with Crippen LogP contribution >= 0.6 is 0 Å². The van der Waals surface area contributed by atoms with E-state index in [1.165, 1.54) is 5.56 Å². The number of amides is 1. The van der Waals surface area contributed by atoms with Crippen LogP contribution in [0.4, 0.5) is 10.5 Å². The Morgan fingerprint density at radius 1 is 1.47 bits per heavy atom. The summed E-state index contributed by atoms with van der Waals surface area (Å²) in [5.74, 6) is 0. The molecular formula is C13H15NO3. The zero-order valence-electron chi connectivity index (χ0n) is 9.48. The van der Waals surface area contributed by atoms with Crippen LogP contribution in [0.2, 0.25) is 0 Å². The molecule has 0 bridgehead atoms. The number of carbonyl (C=O) groups excluding carboxylic acids is 1. The first-order valence-electron chi connectivity index (χ1n) is 5.64. The number of nitrogens with one attached hydrogen (secondary N) is 1. The third-order valence-electron chi connectivity index (χ3n) is 2.62. The minimum atomic E-state index is -0.536. The Morgan fingerprint density at radius 2 is 2.35 bits per heavy atom. The lowest BCUT2D eigenvalue weighted by molar-refractivity contribution is 0.131. The van der Waals surface area contributed by atoms with E-state index in [1.54, 1.807) is 0 Å². The monoisotopic (exact) mass is 233 g/mol. The topological polar surface area (TPSA) is 58.6 Å². The molecule has 0 fully saturated rings. The van der Waals surface area contributed by atoms with Gasteiger partial charge < -0.3 is 9.84 Å². The number of hydrogen-bond acceptors (Lipinski definition) is 3. The number of carbonyl (C=O) groups is 1. The number of anilines is 1. The molecule has 0 atom stereocenters. The van der Waals surface area contributed by atoms with E-state index in [4.69, 9.17) is 9.84 Å². The summed E-state index contributed by atoms with van der Waals surface area (Å²) in [4.78, 5) is 11.4. The van der Waals surface area contributed by atoms with Gasteiger partial charge >= 0.3 is 6.09 Å². The average molecular weight is 233 g/mol. The molecule has 1 aliphatic carbocycles. The Morgan fingerprint density at radius 3 is 3.18 bits per heavy atom. The van der Waals surface area contributed by atoms with Crippen molar-refractivity contribution < 1.29 is 14.6 Å². The molecule has 17 heavy (non-hydrogen) atoms. The van der Waals surface area contributed by atoms with Crippen molar-refractivity contribution in [3.05, 3.63) is 35.4 Å². The Kier molecular flexibility index (Phi) is 3.77. The van der Waals surface area contributed by atoms with Gasteiger partial charge in [-0.3, -0.25) is 5.32 Å². The molecule has 1 aromatic carbocycles. The largest absolute Gasteiger partial charge is 0.447 e. The van der Waals surface area contributed by atoms with Gasteiger partial charge in [0.05, 0.1) is 12.3 Å². The van der Waals surface area contributed by atoms with Gasteiger partial charge in [0.1, 0.15) is 6.61 Å². The highest BCUT2D eigenvalue weighted by Crippen LogP contribution is 2.26. The van der Waals surface area contributed by atoms with Crippen LogP contribution in [0.5, 0.6) is 0 Å². The van der Waals surface area contributed by atoms with Crippen LogP contribution in [0.1, 0.15) is 17.5 Å². The van der Waals surface area contributed by atoms with Crippen molar-refractivity contribution >= 4 is 17.9 Å². The first-order chi connectivity index (χ1) is 8.31. The maximum absolute atomic E-state index is 11.4. The lowest BCUT2D eigenvalue weighted by Gasteiger charge is -2.15. The van der Waals surface area contributed by atoms with Gasteiger partial charge in [0.15, 0.2) is 0 Å². The fraction of sp³-hybridized carbons (Fsp3) is 0.308. The summed E-state index contributed by atoms with van der Waals surface area (Å²) in [5.41, 5.74) is 3.02. The quantitative estimate of drug-likeness (QED) is 0.841. The van der Waals surface area contributed by atoms with E-state index < -0.39 is 6.09 Å². The predicted molar refractivity (Wildman–Crippen MR) is 65.9 cm³/mol. The predicted octanol–water partition coefficient (Wildman–Crippen LogP) is 2.19. The average Bonchev–Trinajstić information content (AvgIpc) is 2.37. The molecule has 1 amide bonds. The molecule has 2 rings (SSSR count). The molecule has 1 aliphatic rings. The lowest BCUT2D eigenvalue weighted by atomic mass is 9.96. The number of hydrogen-bond donors (Lipinski definition) is 2. The van der Waals surface area contributed by atoms with Gasteiger partial charge in [0, 0.05) is 5.56 Å². The van der Waals surface area contributed by atoms with E-state index in [9.17, 15) is 4.79 Å². The maximum Gasteiger partial charge on any atom is 0.411 e. The molecular weight excluding hydrogens is 218 g/mol. The summed E-state index contributed by atoms with van der Waals surface area (Å²) in [6.45, 7) is -0.156. The Bertz CT molecular complexity index is 440. The zero-order valence-corrected chi connectivity index (χ0v) is 9.48. The van der Waals surface area contributed by atoms with Crippen LogP contribution in [0, 0.1) is 0 Å². The second kappa shape index (κ2) is 5.50. The number of aliphatic hydroxyl groups excluding tert-OH is 1. The summed E-state index contributed by atoms with van der Waals surface area (Å²) in [6.07, 6.45) is 5.59. The lowest BCUT2D eigenvalue weighted by Crippen LogP contribution is -2.17. The Hall–Kier alpha value is -1.81. The number of rotatable bonds is 3. The van der Waals surface area contributed by atoms with Gasteiger partial charge in [-0.25, -0.2) is 4.79 Å². The first-order valence-corrected chi connectivity index (χ1v) is 5.64. The van der Waals surface area contributed by atoms with Gasteiger partial charge in [-0.15, -0.1) is 0 Å². The summed E-state index contributed by atoms with van der Waals surface area (Å²) in [7, 11) is 0. The van der Waals surface area contributed by atoms with Gasteiger partial charge in [0.25, 0.3) is 0 Å². The van der Waals surface area contributed by atoms with Crippen LogP contribution in [0.15, 0.2) is 24.3 Å². The van der Waals surface area contributed by atoms with Crippen LogP contribution in [0.3, 0.4) is 0 Å². The fourth-order valence-corrected chi connectivity index (χ4v) is 1.86. The van der Waals surface area contributed by atoms with Crippen LogP contribution < -0.4 is 5.32 Å². The molecule has 2 N–H and O–H groups in total. The van der Waals surface area contributed by atoms with E-state index in [0.29, 0.717) is 0 Å². The van der Waals surface area contributed by atoms with Crippen molar-refractivity contribution in [1.29, 1.82) is 0 Å². The number of allylic oxidation sites excluding steroid dienone is 1. The van der Waals surface area contributed by atoms with Crippen molar-refractivity contribution in [1.82, 2.24) is 0 Å². The second-order valence-corrected chi connectivity index (χ2v) is 3.80. The van der Waals surface area contributed by atoms with Crippen molar-refractivity contribution in [2.24, 2.45) is 0 Å². The number of ether oxygens (including phenoxy) is 1. The normalized spacial score (nSPS) is 13.0. The maximum atomic E-state index is 11.4. The molecule has 0 heterocycles. The highest BCUT2D eigenvalue weighted by Gasteiger charge is 2.11. The van der Waals surface area contributed by atoms with E-state index in [1.807, 2.05) is 18.2 Å². The summed E-state index contributed by atoms with van der Waals surface area (Å²) in [6, 6.07) is 5.82. The van der Waals surface area contributed by atoms with Crippen LogP contribution in [-0.2, 0) is 11.2 Å². The standard InChI is InChI=1S/C13H15NO3/c15-8-9-17-13(16)14-12-7-3-5-10-4-1-2-6-11(10)12/h2-3,5-7,15H,1,4,8-9H2,(H,14,16). The van der Waals surface area contributed by atoms with E-state index >= 15 is 0 Å². The first kappa shape index (κ1) is 11.7. The van der Waals surface area contributed by atoms with Gasteiger partial charge in [-0.05, 0) is 24.5 Å². The van der Waals surface area contributed by atoms with E-state index in [0.717, 1.165) is 24.1 Å². The van der Waals surface area contributed by atoms with E-state index in [-0.39, 0.29) is 13.2 Å². The SMILES string of the molecule is O=C(Nc1cccc2c1C=CCC2)OCCO. The molecule has 1 aromatic rings. The number of aliphatic hydroxyl groups is 1. The molecule has 0 spiro atoms. The molecule has 4 nitrogen and oxygen atoms in total. The summed E-state index contributed by atoms with van der Waals surface area (Å²) >= 11 is 0. The molecule has 4 heteroatoms. The highest BCUT2D eigenvalue weighted by atomic mass is 16.6. The summed E-state index contributed by atoms with van der Waals surface area (Å²) in [5, 5.41) is 11.2. The van der Waals surface area contributed by atoms with E-state index in [2.05, 4.69) is 17.5 Å². The van der Waals surface area contributed by atoms with Gasteiger partial charge in [-0.2, -0.15) is 0 Å². The van der Waals surface area contributed by atoms with Crippen LogP contribution in [-0.4, -0.2) is 24.4 Å². The molecule has 0 saturated carbocycles. The number of benzene rings is 1. The van der Waals surface area contributed by atoms with Crippen LogP contribution in [0.25, 0.3) is 6.08 Å². The molecule has 0 unspecified atom stereocenters. The molecule has 0 aromatic heterocycles. The minimum Gasteiger partial charge on any atom is -0.447 e. The number of aryl methyl sites for hydroxylation is 1. The highest BCUT2D eigenvalue weighted by molar-refractivity contribution is 5.88. The minimum absolute atomic E-state index is 0.0106. The molecule has 0 aliphatic heterocycles. The number of fused-ring (bicyclic) bond motifs is 1. The van der Waals surface area contributed by atoms with Gasteiger partial charge in [0.2, 0.25) is 0 Å². The zero-order chi connectivity index (χ0) is 12.1. The van der Waals surface area contributed by atoms with Crippen molar-refractivity contribution in [3.63, 3.8) is 0 Å². The third kappa shape index (κ3) is 2.85. The third-order valence-corrected chi connectivity index (χ3v) is 2.62. The summed E-state index contributed by atoms with van der Waals surface area (Å²) < 4.78 is 4.76. The molecule has 0 radical (unpaired) electrons. The molecule has 90 valence electrons. The Balaban J connectivity index is 2.11. The molecule has 0 saturated heterocycles. The Labute approximate surface area is 99.9 Å². The van der Waals surface area contributed by atoms with Crippen molar-refractivity contribution in [2.75, 3.05) is 18.5 Å². The second-order valence-electron chi connectivity index (χ2n) is 3.80. The van der Waals surface area contributed by atoms with Crippen molar-refractivity contribution in [2.45, 2.75) is 12.8 Å². The smallest absolute Gasteiger partial charge is 0.411 e. The fourth-order valence-electron chi connectivity index (χ4n) is 1.86. The van der Waals surface area contributed by atoms with Crippen molar-refractivity contribution in [3.8, 4) is 0 Å². The van der Waals surface area contributed by atoms with Gasteiger partial charge in [-0.1, -0.05) is 24.3 Å².